The molecule has 0 fully saturated rings. The average Bonchev–Trinajstić information content (AvgIpc) is 2.83. The highest BCUT2D eigenvalue weighted by molar-refractivity contribution is 5.82. The lowest BCUT2D eigenvalue weighted by Gasteiger charge is -2.09. The Balaban J connectivity index is 2.09. The van der Waals surface area contributed by atoms with Crippen LogP contribution in [0.5, 0.6) is 11.5 Å². The van der Waals surface area contributed by atoms with Gasteiger partial charge in [-0.2, -0.15) is 0 Å². The second-order valence-electron chi connectivity index (χ2n) is 3.81. The van der Waals surface area contributed by atoms with Crippen molar-refractivity contribution in [2.75, 3.05) is 5.73 Å². The topological polar surface area (TPSA) is 63.9 Å². The van der Waals surface area contributed by atoms with E-state index in [4.69, 9.17) is 10.5 Å². The molecule has 18 heavy (non-hydrogen) atoms. The molecule has 0 bridgehead atoms. The molecule has 0 atom stereocenters. The maximum atomic E-state index is 13.6. The second-order valence-corrected chi connectivity index (χ2v) is 3.81. The summed E-state index contributed by atoms with van der Waals surface area (Å²) in [5.41, 5.74) is 6.64. The number of ether oxygens (including phenoxy) is 1. The first-order valence-corrected chi connectivity index (χ1v) is 5.39. The van der Waals surface area contributed by atoms with Gasteiger partial charge in [0.15, 0.2) is 11.6 Å². The molecule has 1 aromatic carbocycles. The van der Waals surface area contributed by atoms with Crippen LogP contribution in [-0.2, 0) is 0 Å². The van der Waals surface area contributed by atoms with Crippen LogP contribution >= 0.6 is 0 Å². The van der Waals surface area contributed by atoms with Crippen LogP contribution in [-0.4, -0.2) is 9.97 Å². The lowest BCUT2D eigenvalue weighted by atomic mass is 10.2. The number of pyridine rings is 1. The Kier molecular flexibility index (Phi) is 2.37. The van der Waals surface area contributed by atoms with Crippen LogP contribution in [0, 0.1) is 5.82 Å². The van der Waals surface area contributed by atoms with Gasteiger partial charge >= 0.3 is 0 Å². The summed E-state index contributed by atoms with van der Waals surface area (Å²) in [6.45, 7) is 0. The number of nitrogens with two attached hydrogens (primary N) is 1. The monoisotopic (exact) mass is 243 g/mol. The molecule has 2 heterocycles. The zero-order valence-corrected chi connectivity index (χ0v) is 9.35. The Hall–Kier alpha value is -2.56. The molecule has 5 heteroatoms. The van der Waals surface area contributed by atoms with Gasteiger partial charge in [0, 0.05) is 12.4 Å². The maximum absolute atomic E-state index is 13.6. The molecule has 0 saturated carbocycles. The largest absolute Gasteiger partial charge is 0.451 e. The first kappa shape index (κ1) is 10.6. The van der Waals surface area contributed by atoms with E-state index in [-0.39, 0.29) is 11.4 Å². The molecule has 0 amide bonds. The van der Waals surface area contributed by atoms with E-state index in [1.54, 1.807) is 24.5 Å². The molecule has 90 valence electrons. The number of hydrogen-bond acceptors (Lipinski definition) is 3. The number of rotatable bonds is 2. The average molecular weight is 243 g/mol. The first-order valence-electron chi connectivity index (χ1n) is 5.39. The summed E-state index contributed by atoms with van der Waals surface area (Å²) in [5.74, 6) is 0.0553. The molecule has 0 saturated heterocycles. The summed E-state index contributed by atoms with van der Waals surface area (Å²) in [5, 5.41) is 0.778. The van der Waals surface area contributed by atoms with Crippen LogP contribution < -0.4 is 10.5 Å². The third kappa shape index (κ3) is 1.66. The summed E-state index contributed by atoms with van der Waals surface area (Å²) >= 11 is 0. The Morgan fingerprint density at radius 3 is 2.94 bits per heavy atom. The zero-order chi connectivity index (χ0) is 12.5. The van der Waals surface area contributed by atoms with Gasteiger partial charge < -0.3 is 15.5 Å². The molecular formula is C13H10FN3O. The van der Waals surface area contributed by atoms with Gasteiger partial charge in [0.2, 0.25) is 0 Å². The van der Waals surface area contributed by atoms with Crippen molar-refractivity contribution in [2.24, 2.45) is 0 Å². The smallest absolute Gasteiger partial charge is 0.185 e. The third-order valence-electron chi connectivity index (χ3n) is 2.63. The zero-order valence-electron chi connectivity index (χ0n) is 9.35. The minimum absolute atomic E-state index is 0.0335. The summed E-state index contributed by atoms with van der Waals surface area (Å²) in [7, 11) is 0. The van der Waals surface area contributed by atoms with Gasteiger partial charge in [0.1, 0.15) is 11.4 Å². The predicted molar refractivity (Wildman–Crippen MR) is 67.0 cm³/mol. The summed E-state index contributed by atoms with van der Waals surface area (Å²) in [6.07, 6.45) is 3.33. The van der Waals surface area contributed by atoms with E-state index in [1.165, 1.54) is 12.1 Å². The number of aromatic amines is 1. The highest BCUT2D eigenvalue weighted by Crippen LogP contribution is 2.33. The standard InChI is InChI=1S/C13H10FN3O/c14-9-2-1-3-10(15)12(9)18-11-5-7-17-13-8(11)4-6-16-13/h1-7H,15H2,(H,16,17). The van der Waals surface area contributed by atoms with Crippen molar-refractivity contribution >= 4 is 16.7 Å². The van der Waals surface area contributed by atoms with Crippen molar-refractivity contribution in [2.45, 2.75) is 0 Å². The summed E-state index contributed by atoms with van der Waals surface area (Å²) < 4.78 is 19.2. The van der Waals surface area contributed by atoms with Gasteiger partial charge in [0.25, 0.3) is 0 Å². The van der Waals surface area contributed by atoms with Crippen LogP contribution in [0.4, 0.5) is 10.1 Å². The predicted octanol–water partition coefficient (Wildman–Crippen LogP) is 3.08. The Bertz CT molecular complexity index is 688. The van der Waals surface area contributed by atoms with Crippen LogP contribution in [0.1, 0.15) is 0 Å². The number of benzene rings is 1. The minimum Gasteiger partial charge on any atom is -0.451 e. The van der Waals surface area contributed by atoms with Crippen molar-refractivity contribution in [3.05, 3.63) is 48.5 Å². The van der Waals surface area contributed by atoms with Gasteiger partial charge in [-0.3, -0.25) is 0 Å². The van der Waals surface area contributed by atoms with E-state index in [2.05, 4.69) is 9.97 Å². The summed E-state index contributed by atoms with van der Waals surface area (Å²) in [4.78, 5) is 7.09. The SMILES string of the molecule is Nc1cccc(F)c1Oc1ccnc2[nH]ccc12. The number of para-hydroxylation sites is 1. The molecule has 4 nitrogen and oxygen atoms in total. The number of hydrogen-bond donors (Lipinski definition) is 2. The highest BCUT2D eigenvalue weighted by atomic mass is 19.1. The van der Waals surface area contributed by atoms with E-state index >= 15 is 0 Å². The third-order valence-corrected chi connectivity index (χ3v) is 2.63. The van der Waals surface area contributed by atoms with E-state index in [0.717, 1.165) is 5.39 Å². The van der Waals surface area contributed by atoms with Crippen molar-refractivity contribution in [3.63, 3.8) is 0 Å². The molecule has 0 aliphatic heterocycles. The van der Waals surface area contributed by atoms with Crippen LogP contribution in [0.2, 0.25) is 0 Å². The lowest BCUT2D eigenvalue weighted by Crippen LogP contribution is -1.95. The Morgan fingerprint density at radius 1 is 1.22 bits per heavy atom. The molecular weight excluding hydrogens is 233 g/mol. The highest BCUT2D eigenvalue weighted by Gasteiger charge is 2.11. The number of nitrogen functional groups attached to an aromatic ring is 1. The molecule has 3 aromatic rings. The number of anilines is 1. The quantitative estimate of drug-likeness (QED) is 0.680. The summed E-state index contributed by atoms with van der Waals surface area (Å²) in [6, 6.07) is 7.92. The minimum atomic E-state index is -0.490. The van der Waals surface area contributed by atoms with Crippen molar-refractivity contribution in [3.8, 4) is 11.5 Å². The van der Waals surface area contributed by atoms with E-state index in [9.17, 15) is 4.39 Å². The molecule has 0 radical (unpaired) electrons. The molecule has 2 aromatic heterocycles. The first-order chi connectivity index (χ1) is 8.75. The fourth-order valence-electron chi connectivity index (χ4n) is 1.77. The van der Waals surface area contributed by atoms with Crippen molar-refractivity contribution in [1.29, 1.82) is 0 Å². The fourth-order valence-corrected chi connectivity index (χ4v) is 1.77. The molecule has 0 aliphatic carbocycles. The fraction of sp³-hybridized carbons (Fsp3) is 0. The van der Waals surface area contributed by atoms with Crippen LogP contribution in [0.25, 0.3) is 11.0 Å². The molecule has 3 N–H and O–H groups in total. The van der Waals surface area contributed by atoms with E-state index < -0.39 is 5.82 Å². The Morgan fingerprint density at radius 2 is 2.11 bits per heavy atom. The number of aromatic nitrogens is 2. The second kappa shape index (κ2) is 4.03. The Labute approximate surface area is 102 Å². The van der Waals surface area contributed by atoms with Gasteiger partial charge in [-0.05, 0) is 24.3 Å². The van der Waals surface area contributed by atoms with E-state index in [0.29, 0.717) is 11.4 Å². The molecule has 0 unspecified atom stereocenters. The molecule has 0 aliphatic rings. The number of nitrogens with one attached hydrogen (secondary N) is 1. The number of nitrogens with zero attached hydrogens (tertiary/aromatic N) is 1. The maximum Gasteiger partial charge on any atom is 0.185 e. The van der Waals surface area contributed by atoms with Crippen LogP contribution in [0.15, 0.2) is 42.7 Å². The number of fused-ring (bicyclic) bond motifs is 1. The van der Waals surface area contributed by atoms with Gasteiger partial charge in [-0.25, -0.2) is 9.37 Å². The molecule has 0 spiro atoms. The van der Waals surface area contributed by atoms with Gasteiger partial charge in [-0.1, -0.05) is 6.07 Å². The normalized spacial score (nSPS) is 10.7. The lowest BCUT2D eigenvalue weighted by molar-refractivity contribution is 0.449. The number of halogens is 1. The van der Waals surface area contributed by atoms with Gasteiger partial charge in [-0.15, -0.1) is 0 Å². The molecule has 3 rings (SSSR count). The van der Waals surface area contributed by atoms with Crippen LogP contribution in [0.3, 0.4) is 0 Å². The van der Waals surface area contributed by atoms with Crippen molar-refractivity contribution < 1.29 is 9.13 Å². The van der Waals surface area contributed by atoms with Crippen molar-refractivity contribution in [1.82, 2.24) is 9.97 Å². The van der Waals surface area contributed by atoms with Gasteiger partial charge in [0.05, 0.1) is 11.1 Å². The van der Waals surface area contributed by atoms with E-state index in [1.807, 2.05) is 6.07 Å². The number of H-pyrrole nitrogens is 1.